The van der Waals surface area contributed by atoms with Crippen molar-refractivity contribution in [3.05, 3.63) is 89.0 Å². The number of nitrogens with one attached hydrogen (secondary N) is 3. The first-order chi connectivity index (χ1) is 21.0. The van der Waals surface area contributed by atoms with E-state index < -0.39 is 32.1 Å². The molecule has 1 heterocycles. The van der Waals surface area contributed by atoms with Gasteiger partial charge in [-0.3, -0.25) is 23.9 Å². The van der Waals surface area contributed by atoms with E-state index in [1.54, 1.807) is 19.2 Å². The molecule has 0 aromatic heterocycles. The number of sulfonamides is 1. The monoisotopic (exact) mass is 654 g/mol. The number of aliphatic hydroxyl groups excluding tert-OH is 1. The maximum absolute atomic E-state index is 14.8. The summed E-state index contributed by atoms with van der Waals surface area (Å²) in [7, 11) is -5.95. The van der Waals surface area contributed by atoms with E-state index in [9.17, 15) is 27.4 Å². The minimum atomic E-state index is -3.92. The Balaban J connectivity index is 1.61. The normalized spacial score (nSPS) is 20.0. The minimum Gasteiger partial charge on any atom is -0.506 e. The van der Waals surface area contributed by atoms with Gasteiger partial charge in [-0.15, -0.1) is 4.40 Å². The molecule has 240 valence electrons. The zero-order chi connectivity index (χ0) is 32.8. The summed E-state index contributed by atoms with van der Waals surface area (Å²) in [6.45, 7) is 6.58. The Morgan fingerprint density at radius 3 is 2.38 bits per heavy atom. The van der Waals surface area contributed by atoms with Gasteiger partial charge in [0, 0.05) is 12.1 Å². The number of ketones is 1. The van der Waals surface area contributed by atoms with Crippen molar-refractivity contribution in [2.45, 2.75) is 50.6 Å². The Kier molecular flexibility index (Phi) is 8.53. The molecule has 3 aromatic carbocycles. The van der Waals surface area contributed by atoms with Gasteiger partial charge < -0.3 is 15.2 Å². The summed E-state index contributed by atoms with van der Waals surface area (Å²) in [6.07, 6.45) is 2.00. The van der Waals surface area contributed by atoms with Crippen LogP contribution < -0.4 is 20.1 Å². The lowest BCUT2D eigenvalue weighted by Gasteiger charge is -2.42. The quantitative estimate of drug-likeness (QED) is 0.155. The molecule has 2 aliphatic rings. The largest absolute Gasteiger partial charge is 0.506 e. The van der Waals surface area contributed by atoms with E-state index in [1.165, 1.54) is 18.2 Å². The summed E-state index contributed by atoms with van der Waals surface area (Å²) >= 11 is 0. The fourth-order valence-electron chi connectivity index (χ4n) is 5.50. The Morgan fingerprint density at radius 2 is 1.73 bits per heavy atom. The zero-order valence-corrected chi connectivity index (χ0v) is 27.3. The third-order valence-electron chi connectivity index (χ3n) is 7.79. The van der Waals surface area contributed by atoms with Gasteiger partial charge >= 0.3 is 0 Å². The van der Waals surface area contributed by atoms with Gasteiger partial charge in [-0.25, -0.2) is 8.42 Å². The number of anilines is 2. The van der Waals surface area contributed by atoms with Crippen LogP contribution in [-0.2, 0) is 26.9 Å². The summed E-state index contributed by atoms with van der Waals surface area (Å²) in [5.74, 6) is -0.310. The van der Waals surface area contributed by atoms with Crippen LogP contribution in [0.15, 0.2) is 81.6 Å². The van der Waals surface area contributed by atoms with Gasteiger partial charge in [-0.05, 0) is 59.7 Å². The van der Waals surface area contributed by atoms with Crippen molar-refractivity contribution in [1.82, 2.24) is 5.32 Å². The number of rotatable bonds is 9. The van der Waals surface area contributed by atoms with E-state index in [2.05, 4.69) is 40.5 Å². The van der Waals surface area contributed by atoms with Gasteiger partial charge in [0.05, 0.1) is 24.7 Å². The van der Waals surface area contributed by atoms with Crippen molar-refractivity contribution in [2.24, 2.45) is 9.81 Å². The van der Waals surface area contributed by atoms with Crippen molar-refractivity contribution < 1.29 is 32.2 Å². The van der Waals surface area contributed by atoms with E-state index in [1.807, 2.05) is 36.4 Å². The molecule has 1 aliphatic carbocycles. The molecule has 1 unspecified atom stereocenters. The Hall–Kier alpha value is -3.88. The summed E-state index contributed by atoms with van der Waals surface area (Å²) in [6, 6.07) is 18.8. The molecule has 0 amide bonds. The van der Waals surface area contributed by atoms with Crippen LogP contribution in [-0.4, -0.2) is 47.6 Å². The van der Waals surface area contributed by atoms with E-state index >= 15 is 0 Å². The summed E-state index contributed by atoms with van der Waals surface area (Å²) in [4.78, 5) is 14.8. The standard InChI is InChI=1S/C32H38N4O7S2/c1-31(2,3)16-17-32(33-19-20-10-13-22(43-4)14-11-20)24-9-7-6-8-23(24)28(37)27(29(32)38)30-34-25-15-12-21(35-44(5,39)40)18-26(25)45(41,42)36-30/h6-15,18,33,35,37,41-42H,16-17,19H2,1-5H3,(H,34,36). The molecule has 0 fully saturated rings. The van der Waals surface area contributed by atoms with E-state index in [-0.39, 0.29) is 38.9 Å². The highest BCUT2D eigenvalue weighted by atomic mass is 32.3. The van der Waals surface area contributed by atoms with Gasteiger partial charge in [0.2, 0.25) is 10.0 Å². The highest BCUT2D eigenvalue weighted by Gasteiger charge is 2.49. The van der Waals surface area contributed by atoms with Gasteiger partial charge in [-0.2, -0.15) is 0 Å². The smallest absolute Gasteiger partial charge is 0.229 e. The predicted molar refractivity (Wildman–Crippen MR) is 178 cm³/mol. The SMILES string of the molecule is COc1ccc(CNC2(CCC(C)(C)C)C(=O)C(C3=NS(O)(O)c4cc(NS(C)(=O)=O)ccc4N3)=C(O)c3ccccc32)cc1. The Morgan fingerprint density at radius 1 is 1.04 bits per heavy atom. The molecule has 1 aliphatic heterocycles. The number of nitrogens with zero attached hydrogens (tertiary/aromatic N) is 1. The van der Waals surface area contributed by atoms with Crippen LogP contribution in [0.1, 0.15) is 50.3 Å². The first-order valence-corrected chi connectivity index (χ1v) is 17.7. The number of benzene rings is 3. The average molecular weight is 655 g/mol. The third-order valence-corrected chi connectivity index (χ3v) is 9.76. The van der Waals surface area contributed by atoms with E-state index in [0.29, 0.717) is 36.3 Å². The molecule has 1 atom stereocenters. The number of Topliss-reactive ketones (excluding diaryl/α,β-unsaturated/α-hetero) is 1. The van der Waals surface area contributed by atoms with Crippen molar-refractivity contribution >= 4 is 49.6 Å². The van der Waals surface area contributed by atoms with Crippen molar-refractivity contribution in [3.63, 3.8) is 0 Å². The molecule has 13 heteroatoms. The van der Waals surface area contributed by atoms with Crippen LogP contribution in [0, 0.1) is 5.41 Å². The van der Waals surface area contributed by atoms with Crippen LogP contribution in [0.5, 0.6) is 5.75 Å². The maximum Gasteiger partial charge on any atom is 0.229 e. The number of amidine groups is 1. The van der Waals surface area contributed by atoms with Gasteiger partial charge in [-0.1, -0.05) is 67.9 Å². The number of fused-ring (bicyclic) bond motifs is 2. The molecule has 0 radical (unpaired) electrons. The Bertz CT molecular complexity index is 1810. The van der Waals surface area contributed by atoms with Crippen LogP contribution in [0.2, 0.25) is 0 Å². The van der Waals surface area contributed by atoms with Crippen LogP contribution >= 0.6 is 10.8 Å². The lowest BCUT2D eigenvalue weighted by atomic mass is 9.69. The molecule has 11 nitrogen and oxygen atoms in total. The molecule has 0 spiro atoms. The molecule has 3 aromatic rings. The highest BCUT2D eigenvalue weighted by molar-refractivity contribution is 8.23. The third kappa shape index (κ3) is 6.72. The second-order valence-electron chi connectivity index (χ2n) is 12.4. The summed E-state index contributed by atoms with van der Waals surface area (Å²) in [5.41, 5.74) is 0.627. The molecule has 0 saturated heterocycles. The number of ether oxygens (including phenoxy) is 1. The number of hydrogen-bond acceptors (Lipinski definition) is 10. The van der Waals surface area contributed by atoms with Gasteiger partial charge in [0.1, 0.15) is 27.5 Å². The minimum absolute atomic E-state index is 0.0553. The number of methoxy groups -OCH3 is 1. The molecule has 0 bridgehead atoms. The van der Waals surface area contributed by atoms with Crippen molar-refractivity contribution in [1.29, 1.82) is 0 Å². The van der Waals surface area contributed by atoms with Crippen LogP contribution in [0.4, 0.5) is 11.4 Å². The molecule has 5 rings (SSSR count). The lowest BCUT2D eigenvalue weighted by molar-refractivity contribution is -0.122. The van der Waals surface area contributed by atoms with Crippen molar-refractivity contribution in [2.75, 3.05) is 23.4 Å². The fraction of sp³-hybridized carbons (Fsp3) is 0.312. The molecule has 6 N–H and O–H groups in total. The summed E-state index contributed by atoms with van der Waals surface area (Å²) < 4.78 is 57.5. The first kappa shape index (κ1) is 32.5. The topological polar surface area (TPSA) is 170 Å². The fourth-order valence-corrected chi connectivity index (χ4v) is 7.24. The zero-order valence-electron chi connectivity index (χ0n) is 25.7. The second kappa shape index (κ2) is 11.8. The predicted octanol–water partition coefficient (Wildman–Crippen LogP) is 6.28. The average Bonchev–Trinajstić information content (AvgIpc) is 2.96. The van der Waals surface area contributed by atoms with Crippen LogP contribution in [0.3, 0.4) is 0 Å². The number of aliphatic hydroxyl groups is 1. The highest BCUT2D eigenvalue weighted by Crippen LogP contribution is 2.57. The number of hydrogen-bond donors (Lipinski definition) is 6. The number of carbonyl (C=O) groups is 1. The molecular formula is C32H38N4O7S2. The van der Waals surface area contributed by atoms with E-state index in [0.717, 1.165) is 11.8 Å². The van der Waals surface area contributed by atoms with Crippen LogP contribution in [0.25, 0.3) is 5.76 Å². The molecule has 45 heavy (non-hydrogen) atoms. The molecule has 0 saturated carbocycles. The lowest BCUT2D eigenvalue weighted by Crippen LogP contribution is -2.53. The first-order valence-electron chi connectivity index (χ1n) is 14.3. The Labute approximate surface area is 265 Å². The van der Waals surface area contributed by atoms with Gasteiger partial charge in [0.15, 0.2) is 11.6 Å². The second-order valence-corrected chi connectivity index (χ2v) is 15.8. The maximum atomic E-state index is 14.8. The van der Waals surface area contributed by atoms with Crippen molar-refractivity contribution in [3.8, 4) is 5.75 Å². The van der Waals surface area contributed by atoms with Gasteiger partial charge in [0.25, 0.3) is 0 Å². The molecular weight excluding hydrogens is 617 g/mol. The van der Waals surface area contributed by atoms with E-state index in [4.69, 9.17) is 4.74 Å². The summed E-state index contributed by atoms with van der Waals surface area (Å²) in [5, 5.41) is 18.1. The number of carbonyl (C=O) groups excluding carboxylic acids is 1.